The molecule has 0 radical (unpaired) electrons. The van der Waals surface area contributed by atoms with Crippen LogP contribution in [0.1, 0.15) is 12.8 Å². The first-order chi connectivity index (χ1) is 6.18. The fraction of sp³-hybridized carbons (Fsp3) is 0.750. The third-order valence-corrected chi connectivity index (χ3v) is 3.16. The molecule has 0 aromatic heterocycles. The Morgan fingerprint density at radius 1 is 1.54 bits per heavy atom. The highest BCUT2D eigenvalue weighted by Crippen LogP contribution is 2.22. The van der Waals surface area contributed by atoms with Gasteiger partial charge in [-0.15, -0.1) is 0 Å². The molecular weight excluding hydrogens is 190 g/mol. The number of hydrogen-bond acceptors (Lipinski definition) is 3. The number of amides is 1. The monoisotopic (exact) mass is 203 g/mol. The van der Waals surface area contributed by atoms with Gasteiger partial charge >= 0.3 is 5.97 Å². The zero-order valence-corrected chi connectivity index (χ0v) is 8.10. The Morgan fingerprint density at radius 2 is 2.31 bits per heavy atom. The lowest BCUT2D eigenvalue weighted by Crippen LogP contribution is -2.30. The van der Waals surface area contributed by atoms with Crippen LogP contribution in [-0.4, -0.2) is 35.0 Å². The standard InChI is InChI=1S/C8H13NO3S/c10-7(3-8(11)12)9-4-6-1-2-13-5-6/h6H,1-5H2,(H,9,10)(H,11,12). The van der Waals surface area contributed by atoms with Crippen molar-refractivity contribution < 1.29 is 14.7 Å². The molecule has 74 valence electrons. The Kier molecular flexibility index (Phi) is 4.08. The number of rotatable bonds is 4. The molecular formula is C8H13NO3S. The average Bonchev–Trinajstić information content (AvgIpc) is 2.51. The second kappa shape index (κ2) is 5.11. The fourth-order valence-corrected chi connectivity index (χ4v) is 2.49. The number of carboxylic acids is 1. The summed E-state index contributed by atoms with van der Waals surface area (Å²) in [7, 11) is 0. The van der Waals surface area contributed by atoms with E-state index in [4.69, 9.17) is 5.11 Å². The predicted octanol–water partition coefficient (Wildman–Crippen LogP) is 0.330. The van der Waals surface area contributed by atoms with Gasteiger partial charge in [-0.25, -0.2) is 0 Å². The number of hydrogen-bond donors (Lipinski definition) is 2. The van der Waals surface area contributed by atoms with Crippen LogP contribution in [0.4, 0.5) is 0 Å². The maximum absolute atomic E-state index is 10.9. The first kappa shape index (κ1) is 10.4. The molecule has 0 bridgehead atoms. The van der Waals surface area contributed by atoms with E-state index in [1.165, 1.54) is 0 Å². The molecule has 2 N–H and O–H groups in total. The van der Waals surface area contributed by atoms with Crippen LogP contribution in [0.25, 0.3) is 0 Å². The van der Waals surface area contributed by atoms with Gasteiger partial charge in [0.2, 0.25) is 5.91 Å². The molecule has 5 heteroatoms. The van der Waals surface area contributed by atoms with Crippen molar-refractivity contribution in [1.82, 2.24) is 5.32 Å². The second-order valence-corrected chi connectivity index (χ2v) is 4.25. The van der Waals surface area contributed by atoms with Crippen molar-refractivity contribution in [2.75, 3.05) is 18.1 Å². The molecule has 0 aromatic carbocycles. The number of carboxylic acid groups (broad SMARTS) is 1. The predicted molar refractivity (Wildman–Crippen MR) is 50.7 cm³/mol. The van der Waals surface area contributed by atoms with Crippen molar-refractivity contribution in [2.45, 2.75) is 12.8 Å². The first-order valence-electron chi connectivity index (χ1n) is 4.24. The lowest BCUT2D eigenvalue weighted by Gasteiger charge is -2.08. The van der Waals surface area contributed by atoms with Crippen molar-refractivity contribution in [3.63, 3.8) is 0 Å². The minimum Gasteiger partial charge on any atom is -0.481 e. The molecule has 1 saturated heterocycles. The fourth-order valence-electron chi connectivity index (χ4n) is 1.20. The molecule has 1 aliphatic rings. The van der Waals surface area contributed by atoms with E-state index in [9.17, 15) is 9.59 Å². The zero-order chi connectivity index (χ0) is 9.68. The molecule has 13 heavy (non-hydrogen) atoms. The summed E-state index contributed by atoms with van der Waals surface area (Å²) in [6.07, 6.45) is 0.706. The largest absolute Gasteiger partial charge is 0.481 e. The van der Waals surface area contributed by atoms with E-state index in [0.29, 0.717) is 12.5 Å². The first-order valence-corrected chi connectivity index (χ1v) is 5.40. The van der Waals surface area contributed by atoms with Crippen molar-refractivity contribution in [3.8, 4) is 0 Å². The molecule has 1 fully saturated rings. The van der Waals surface area contributed by atoms with Crippen LogP contribution >= 0.6 is 11.8 Å². The van der Waals surface area contributed by atoms with E-state index in [-0.39, 0.29) is 5.91 Å². The van der Waals surface area contributed by atoms with Crippen LogP contribution < -0.4 is 5.32 Å². The van der Waals surface area contributed by atoms with Gasteiger partial charge in [-0.05, 0) is 23.8 Å². The molecule has 1 heterocycles. The molecule has 1 atom stereocenters. The normalized spacial score (nSPS) is 21.4. The summed E-state index contributed by atoms with van der Waals surface area (Å²) in [5.41, 5.74) is 0. The van der Waals surface area contributed by atoms with Crippen molar-refractivity contribution in [2.24, 2.45) is 5.92 Å². The zero-order valence-electron chi connectivity index (χ0n) is 7.28. The third kappa shape index (κ3) is 4.17. The third-order valence-electron chi connectivity index (χ3n) is 1.92. The van der Waals surface area contributed by atoms with E-state index in [1.54, 1.807) is 0 Å². The Hall–Kier alpha value is -0.710. The molecule has 0 aromatic rings. The van der Waals surface area contributed by atoms with Crippen LogP contribution in [0.2, 0.25) is 0 Å². The molecule has 0 spiro atoms. The maximum Gasteiger partial charge on any atom is 0.312 e. The van der Waals surface area contributed by atoms with Crippen LogP contribution in [-0.2, 0) is 9.59 Å². The molecule has 1 rings (SSSR count). The van der Waals surface area contributed by atoms with Gasteiger partial charge in [-0.3, -0.25) is 9.59 Å². The summed E-state index contributed by atoms with van der Waals surface area (Å²) >= 11 is 1.88. The maximum atomic E-state index is 10.9. The van der Waals surface area contributed by atoms with Crippen molar-refractivity contribution in [3.05, 3.63) is 0 Å². The highest BCUT2D eigenvalue weighted by atomic mass is 32.2. The Labute approximate surface area is 81.1 Å². The molecule has 1 aliphatic heterocycles. The Morgan fingerprint density at radius 3 is 2.85 bits per heavy atom. The molecule has 1 amide bonds. The van der Waals surface area contributed by atoms with Gasteiger partial charge < -0.3 is 10.4 Å². The van der Waals surface area contributed by atoms with Gasteiger partial charge in [0, 0.05) is 6.54 Å². The highest BCUT2D eigenvalue weighted by molar-refractivity contribution is 7.99. The highest BCUT2D eigenvalue weighted by Gasteiger charge is 2.16. The van der Waals surface area contributed by atoms with E-state index in [0.717, 1.165) is 17.9 Å². The summed E-state index contributed by atoms with van der Waals surface area (Å²) in [5.74, 6) is 1.30. The van der Waals surface area contributed by atoms with Gasteiger partial charge in [-0.2, -0.15) is 11.8 Å². The van der Waals surface area contributed by atoms with E-state index < -0.39 is 12.4 Å². The SMILES string of the molecule is O=C(O)CC(=O)NCC1CCSC1. The molecule has 4 nitrogen and oxygen atoms in total. The lowest BCUT2D eigenvalue weighted by molar-refractivity contribution is -0.140. The quantitative estimate of drug-likeness (QED) is 0.646. The van der Waals surface area contributed by atoms with Crippen molar-refractivity contribution in [1.29, 1.82) is 0 Å². The van der Waals surface area contributed by atoms with Gasteiger partial charge in [0.15, 0.2) is 0 Å². The Balaban J connectivity index is 2.10. The number of thioether (sulfide) groups is 1. The van der Waals surface area contributed by atoms with Crippen LogP contribution in [0.3, 0.4) is 0 Å². The van der Waals surface area contributed by atoms with Gasteiger partial charge in [0.25, 0.3) is 0 Å². The van der Waals surface area contributed by atoms with Crippen LogP contribution in [0.5, 0.6) is 0 Å². The minimum atomic E-state index is -1.07. The topological polar surface area (TPSA) is 66.4 Å². The van der Waals surface area contributed by atoms with Gasteiger partial charge in [0.05, 0.1) is 0 Å². The number of carbonyl (C=O) groups excluding carboxylic acids is 1. The number of nitrogens with one attached hydrogen (secondary N) is 1. The second-order valence-electron chi connectivity index (χ2n) is 3.10. The van der Waals surface area contributed by atoms with Crippen molar-refractivity contribution >= 4 is 23.6 Å². The summed E-state index contributed by atoms with van der Waals surface area (Å²) in [4.78, 5) is 21.1. The molecule has 1 unspecified atom stereocenters. The molecule has 0 saturated carbocycles. The number of carbonyl (C=O) groups is 2. The van der Waals surface area contributed by atoms with Crippen LogP contribution in [0, 0.1) is 5.92 Å². The Bertz CT molecular complexity index is 202. The summed E-state index contributed by atoms with van der Waals surface area (Å²) in [5, 5.41) is 10.9. The minimum absolute atomic E-state index is 0.385. The summed E-state index contributed by atoms with van der Waals surface area (Å²) in [6, 6.07) is 0. The van der Waals surface area contributed by atoms with Crippen LogP contribution in [0.15, 0.2) is 0 Å². The summed E-state index contributed by atoms with van der Waals surface area (Å²) < 4.78 is 0. The number of aliphatic carboxylic acids is 1. The average molecular weight is 203 g/mol. The molecule has 0 aliphatic carbocycles. The smallest absolute Gasteiger partial charge is 0.312 e. The van der Waals surface area contributed by atoms with Gasteiger partial charge in [0.1, 0.15) is 6.42 Å². The van der Waals surface area contributed by atoms with E-state index in [1.807, 2.05) is 11.8 Å². The lowest BCUT2D eigenvalue weighted by atomic mass is 10.1. The van der Waals surface area contributed by atoms with E-state index in [2.05, 4.69) is 5.32 Å². The van der Waals surface area contributed by atoms with E-state index >= 15 is 0 Å². The summed E-state index contributed by atoms with van der Waals surface area (Å²) in [6.45, 7) is 0.624. The van der Waals surface area contributed by atoms with Gasteiger partial charge in [-0.1, -0.05) is 0 Å².